The number of furan rings is 1. The van der Waals surface area contributed by atoms with Gasteiger partial charge in [0.05, 0.1) is 12.6 Å². The highest BCUT2D eigenvalue weighted by Gasteiger charge is 2.23. The molecular weight excluding hydrogens is 258 g/mol. The predicted molar refractivity (Wildman–Crippen MR) is 61.7 cm³/mol. The van der Waals surface area contributed by atoms with Crippen LogP contribution in [0.25, 0.3) is 0 Å². The highest BCUT2D eigenvalue weighted by atomic mass is 32.2. The largest absolute Gasteiger partial charge is 0.447 e. The van der Waals surface area contributed by atoms with Gasteiger partial charge in [-0.1, -0.05) is 0 Å². The van der Waals surface area contributed by atoms with Gasteiger partial charge in [-0.15, -0.1) is 0 Å². The Morgan fingerprint density at radius 3 is 2.89 bits per heavy atom. The molecule has 0 aliphatic carbocycles. The van der Waals surface area contributed by atoms with Gasteiger partial charge in [0, 0.05) is 0 Å². The first-order valence-corrected chi connectivity index (χ1v) is 6.67. The van der Waals surface area contributed by atoms with Crippen molar-refractivity contribution in [2.75, 3.05) is 0 Å². The lowest BCUT2D eigenvalue weighted by atomic mass is 10.3. The Bertz CT molecular complexity index is 604. The van der Waals surface area contributed by atoms with Gasteiger partial charge in [-0.3, -0.25) is 5.10 Å². The summed E-state index contributed by atoms with van der Waals surface area (Å²) in [6, 6.07) is 2.34. The monoisotopic (exact) mass is 271 g/mol. The first kappa shape index (κ1) is 12.7. The topological polar surface area (TPSA) is 127 Å². The van der Waals surface area contributed by atoms with Gasteiger partial charge in [0.2, 0.25) is 5.09 Å². The van der Waals surface area contributed by atoms with Crippen molar-refractivity contribution in [3.8, 4) is 0 Å². The van der Waals surface area contributed by atoms with Crippen molar-refractivity contribution in [2.45, 2.75) is 24.6 Å². The van der Waals surface area contributed by atoms with Crippen molar-refractivity contribution >= 4 is 10.0 Å². The van der Waals surface area contributed by atoms with E-state index in [4.69, 9.17) is 10.2 Å². The highest BCUT2D eigenvalue weighted by Crippen LogP contribution is 2.16. The molecule has 0 aromatic carbocycles. The zero-order valence-corrected chi connectivity index (χ0v) is 10.4. The van der Waals surface area contributed by atoms with Crippen LogP contribution in [0.4, 0.5) is 0 Å². The van der Waals surface area contributed by atoms with Crippen molar-refractivity contribution in [3.63, 3.8) is 0 Å². The van der Waals surface area contributed by atoms with Crippen molar-refractivity contribution in [1.29, 1.82) is 0 Å². The summed E-state index contributed by atoms with van der Waals surface area (Å²) in [6.45, 7) is 1.79. The molecule has 2 aromatic heterocycles. The van der Waals surface area contributed by atoms with Crippen LogP contribution in [0.2, 0.25) is 0 Å². The zero-order valence-electron chi connectivity index (χ0n) is 9.62. The summed E-state index contributed by atoms with van der Waals surface area (Å²) in [5.41, 5.74) is 5.35. The number of hydrogen-bond donors (Lipinski definition) is 3. The normalized spacial score (nSPS) is 13.7. The molecule has 98 valence electrons. The third-order valence-electron chi connectivity index (χ3n) is 2.28. The molecule has 2 rings (SSSR count). The zero-order chi connectivity index (χ0) is 13.2. The van der Waals surface area contributed by atoms with Crippen LogP contribution < -0.4 is 10.5 Å². The minimum Gasteiger partial charge on any atom is -0.447 e. The average Bonchev–Trinajstić information content (AvgIpc) is 3.00. The van der Waals surface area contributed by atoms with Crippen LogP contribution in [-0.4, -0.2) is 23.6 Å². The SMILES string of the molecule is CC(NS(=O)(=O)c1ccc(CN)o1)c1ncn[nH]1. The summed E-state index contributed by atoms with van der Waals surface area (Å²) in [6.07, 6.45) is 1.31. The summed E-state index contributed by atoms with van der Waals surface area (Å²) in [7, 11) is -3.73. The lowest BCUT2D eigenvalue weighted by Crippen LogP contribution is -2.27. The highest BCUT2D eigenvalue weighted by molar-refractivity contribution is 7.89. The van der Waals surface area contributed by atoms with Gasteiger partial charge in [-0.2, -0.15) is 9.82 Å². The van der Waals surface area contributed by atoms with Crippen LogP contribution in [0.1, 0.15) is 24.6 Å². The van der Waals surface area contributed by atoms with E-state index < -0.39 is 16.1 Å². The Morgan fingerprint density at radius 1 is 1.56 bits per heavy atom. The molecule has 0 spiro atoms. The Balaban J connectivity index is 2.17. The number of rotatable bonds is 5. The second-order valence-corrected chi connectivity index (χ2v) is 5.28. The third kappa shape index (κ3) is 2.58. The van der Waals surface area contributed by atoms with Crippen LogP contribution in [-0.2, 0) is 16.6 Å². The van der Waals surface area contributed by atoms with E-state index >= 15 is 0 Å². The quantitative estimate of drug-likeness (QED) is 0.696. The summed E-state index contributed by atoms with van der Waals surface area (Å²) in [5.74, 6) is 0.826. The molecule has 0 aliphatic heterocycles. The molecule has 0 amide bonds. The molecule has 9 heteroatoms. The van der Waals surface area contributed by atoms with Crippen molar-refractivity contribution in [1.82, 2.24) is 19.9 Å². The maximum absolute atomic E-state index is 12.0. The molecule has 0 radical (unpaired) electrons. The second kappa shape index (κ2) is 4.88. The fourth-order valence-electron chi connectivity index (χ4n) is 1.38. The molecule has 0 saturated heterocycles. The maximum atomic E-state index is 12.0. The molecule has 8 nitrogen and oxygen atoms in total. The Hall–Kier alpha value is -1.71. The van der Waals surface area contributed by atoms with E-state index in [9.17, 15) is 8.42 Å². The number of nitrogens with two attached hydrogens (primary N) is 1. The van der Waals surface area contributed by atoms with E-state index in [1.165, 1.54) is 18.5 Å². The Kier molecular flexibility index (Phi) is 3.45. The number of nitrogens with zero attached hydrogens (tertiary/aromatic N) is 2. The number of H-pyrrole nitrogens is 1. The molecule has 18 heavy (non-hydrogen) atoms. The van der Waals surface area contributed by atoms with Gasteiger partial charge >= 0.3 is 0 Å². The summed E-state index contributed by atoms with van der Waals surface area (Å²) in [4.78, 5) is 3.87. The van der Waals surface area contributed by atoms with E-state index in [1.807, 2.05) is 0 Å². The number of aromatic amines is 1. The summed E-state index contributed by atoms with van der Waals surface area (Å²) in [5, 5.41) is 6.07. The van der Waals surface area contributed by atoms with Crippen LogP contribution >= 0.6 is 0 Å². The standard InChI is InChI=1S/C9H13N5O3S/c1-6(9-11-5-12-13-9)14-18(15,16)8-3-2-7(4-10)17-8/h2-3,5-6,14H,4,10H2,1H3,(H,11,12,13). The lowest BCUT2D eigenvalue weighted by molar-refractivity contribution is 0.410. The van der Waals surface area contributed by atoms with E-state index in [2.05, 4.69) is 19.9 Å². The van der Waals surface area contributed by atoms with E-state index in [0.29, 0.717) is 11.6 Å². The molecule has 0 bridgehead atoms. The van der Waals surface area contributed by atoms with E-state index in [-0.39, 0.29) is 11.6 Å². The van der Waals surface area contributed by atoms with Crippen molar-refractivity contribution in [2.24, 2.45) is 5.73 Å². The second-order valence-electron chi connectivity index (χ2n) is 3.64. The van der Waals surface area contributed by atoms with Crippen LogP contribution in [0.15, 0.2) is 28.0 Å². The Morgan fingerprint density at radius 2 is 2.33 bits per heavy atom. The minimum atomic E-state index is -3.73. The van der Waals surface area contributed by atoms with Crippen LogP contribution in [0.3, 0.4) is 0 Å². The summed E-state index contributed by atoms with van der Waals surface area (Å²) < 4.78 is 31.4. The van der Waals surface area contributed by atoms with Crippen LogP contribution in [0, 0.1) is 0 Å². The number of aromatic nitrogens is 3. The number of sulfonamides is 1. The molecule has 0 fully saturated rings. The fourth-order valence-corrected chi connectivity index (χ4v) is 2.54. The predicted octanol–water partition coefficient (Wildman–Crippen LogP) is -0.104. The number of hydrogen-bond acceptors (Lipinski definition) is 6. The average molecular weight is 271 g/mol. The molecule has 1 unspecified atom stereocenters. The lowest BCUT2D eigenvalue weighted by Gasteiger charge is -2.09. The third-order valence-corrected chi connectivity index (χ3v) is 3.69. The molecule has 0 saturated carbocycles. The smallest absolute Gasteiger partial charge is 0.274 e. The van der Waals surface area contributed by atoms with E-state index in [0.717, 1.165) is 0 Å². The molecular formula is C9H13N5O3S. The first-order valence-electron chi connectivity index (χ1n) is 5.19. The van der Waals surface area contributed by atoms with Gasteiger partial charge in [-0.05, 0) is 19.1 Å². The minimum absolute atomic E-state index is 0.146. The molecule has 4 N–H and O–H groups in total. The Labute approximate surface area is 104 Å². The van der Waals surface area contributed by atoms with E-state index in [1.54, 1.807) is 6.92 Å². The number of nitrogens with one attached hydrogen (secondary N) is 2. The molecule has 1 atom stereocenters. The fraction of sp³-hybridized carbons (Fsp3) is 0.333. The summed E-state index contributed by atoms with van der Waals surface area (Å²) >= 11 is 0. The van der Waals surface area contributed by atoms with Gasteiger partial charge in [-0.25, -0.2) is 13.4 Å². The van der Waals surface area contributed by atoms with Gasteiger partial charge in [0.15, 0.2) is 0 Å². The molecule has 2 aromatic rings. The van der Waals surface area contributed by atoms with Crippen molar-refractivity contribution in [3.05, 3.63) is 30.0 Å². The van der Waals surface area contributed by atoms with Gasteiger partial charge in [0.25, 0.3) is 10.0 Å². The van der Waals surface area contributed by atoms with Gasteiger partial charge in [0.1, 0.15) is 17.9 Å². The molecule has 0 aliphatic rings. The van der Waals surface area contributed by atoms with Crippen LogP contribution in [0.5, 0.6) is 0 Å². The van der Waals surface area contributed by atoms with Gasteiger partial charge < -0.3 is 10.2 Å². The first-order chi connectivity index (χ1) is 8.53. The van der Waals surface area contributed by atoms with Crippen molar-refractivity contribution < 1.29 is 12.8 Å². The molecule has 2 heterocycles. The maximum Gasteiger partial charge on any atom is 0.274 e.